The van der Waals surface area contributed by atoms with Crippen molar-refractivity contribution in [3.63, 3.8) is 0 Å². The normalized spacial score (nSPS) is 16.7. The number of nitrogens with one attached hydrogen (secondary N) is 1. The molecule has 2 fully saturated rings. The minimum Gasteiger partial charge on any atom is -0.494 e. The van der Waals surface area contributed by atoms with Crippen molar-refractivity contribution < 1.29 is 23.9 Å². The molecule has 0 spiro atoms. The number of rotatable bonds is 14. The number of thiocarbonyl (C=S) groups is 1. The Labute approximate surface area is 292 Å². The summed E-state index contributed by atoms with van der Waals surface area (Å²) in [6.07, 6.45) is 1.60. The van der Waals surface area contributed by atoms with E-state index in [4.69, 9.17) is 33.3 Å². The Kier molecular flexibility index (Phi) is 12.3. The summed E-state index contributed by atoms with van der Waals surface area (Å²) in [5.41, 5.74) is 2.66. The van der Waals surface area contributed by atoms with E-state index in [0.717, 1.165) is 62.0 Å². The molecule has 0 aromatic heterocycles. The summed E-state index contributed by atoms with van der Waals surface area (Å²) in [6, 6.07) is 20.9. The van der Waals surface area contributed by atoms with Gasteiger partial charge in [0.2, 0.25) is 5.91 Å². The van der Waals surface area contributed by atoms with Gasteiger partial charge in [0.05, 0.1) is 30.9 Å². The number of ether oxygens (including phenoxy) is 2. The largest absolute Gasteiger partial charge is 0.494 e. The Morgan fingerprint density at radius 3 is 2.33 bits per heavy atom. The second-order valence-electron chi connectivity index (χ2n) is 11.7. The first-order valence-corrected chi connectivity index (χ1v) is 17.2. The fourth-order valence-corrected chi connectivity index (χ4v) is 6.49. The molecule has 0 bridgehead atoms. The van der Waals surface area contributed by atoms with Gasteiger partial charge >= 0.3 is 5.97 Å². The summed E-state index contributed by atoms with van der Waals surface area (Å²) in [4.78, 5) is 47.5. The lowest BCUT2D eigenvalue weighted by molar-refractivity contribution is -0.124. The topological polar surface area (TPSA) is 94.7 Å². The van der Waals surface area contributed by atoms with E-state index in [9.17, 15) is 14.4 Å². The van der Waals surface area contributed by atoms with Gasteiger partial charge in [-0.25, -0.2) is 4.79 Å². The predicted molar refractivity (Wildman–Crippen MR) is 193 cm³/mol. The van der Waals surface area contributed by atoms with Crippen molar-refractivity contribution in [1.82, 2.24) is 9.80 Å². The third-order valence-electron chi connectivity index (χ3n) is 8.36. The van der Waals surface area contributed by atoms with Gasteiger partial charge in [0, 0.05) is 49.1 Å². The number of carbonyl (C=O) groups excluding carboxylic acids is 3. The first-order chi connectivity index (χ1) is 23.3. The van der Waals surface area contributed by atoms with Crippen molar-refractivity contribution in [1.29, 1.82) is 0 Å². The molecule has 0 aliphatic carbocycles. The maximum Gasteiger partial charge on any atom is 0.338 e. The number of halogens is 1. The van der Waals surface area contributed by atoms with E-state index >= 15 is 0 Å². The van der Waals surface area contributed by atoms with Crippen molar-refractivity contribution in [2.75, 3.05) is 67.6 Å². The zero-order valence-electron chi connectivity index (χ0n) is 27.4. The lowest BCUT2D eigenvalue weighted by atomic mass is 10.1. The highest BCUT2D eigenvalue weighted by Gasteiger charge is 2.44. The van der Waals surface area contributed by atoms with Crippen molar-refractivity contribution in [2.45, 2.75) is 39.2 Å². The third-order valence-corrected chi connectivity index (χ3v) is 9.02. The Hall–Kier alpha value is -4.19. The lowest BCUT2D eigenvalue weighted by Gasteiger charge is -2.36. The molecular weight excluding hydrogens is 650 g/mol. The smallest absolute Gasteiger partial charge is 0.338 e. The molecule has 3 aromatic rings. The monoisotopic (exact) mass is 691 g/mol. The van der Waals surface area contributed by atoms with Crippen LogP contribution in [0.3, 0.4) is 0 Å². The number of esters is 1. The molecule has 0 radical (unpaired) electrons. The molecule has 1 N–H and O–H groups in total. The summed E-state index contributed by atoms with van der Waals surface area (Å²) < 4.78 is 10.7. The molecule has 2 aliphatic rings. The van der Waals surface area contributed by atoms with Gasteiger partial charge in [-0.05, 0) is 105 Å². The predicted octanol–water partition coefficient (Wildman–Crippen LogP) is 5.85. The maximum absolute atomic E-state index is 13.9. The molecule has 2 amide bonds. The van der Waals surface area contributed by atoms with Gasteiger partial charge in [-0.3, -0.25) is 19.4 Å². The summed E-state index contributed by atoms with van der Waals surface area (Å²) in [7, 11) is 0. The number of piperazine rings is 1. The van der Waals surface area contributed by atoms with E-state index < -0.39 is 12.0 Å². The van der Waals surface area contributed by atoms with Gasteiger partial charge in [-0.1, -0.05) is 24.6 Å². The maximum atomic E-state index is 13.9. The van der Waals surface area contributed by atoms with Crippen molar-refractivity contribution in [2.24, 2.45) is 0 Å². The van der Waals surface area contributed by atoms with Gasteiger partial charge in [0.1, 0.15) is 11.8 Å². The van der Waals surface area contributed by atoms with E-state index in [1.54, 1.807) is 43.3 Å². The fourth-order valence-electron chi connectivity index (χ4n) is 5.90. The summed E-state index contributed by atoms with van der Waals surface area (Å²) in [5.74, 6) is -0.278. The minimum atomic E-state index is -0.769. The Morgan fingerprint density at radius 1 is 0.938 bits per heavy atom. The highest BCUT2D eigenvalue weighted by Crippen LogP contribution is 2.29. The molecule has 2 saturated heterocycles. The molecule has 12 heteroatoms. The number of carbonyl (C=O) groups is 3. The van der Waals surface area contributed by atoms with Crippen LogP contribution in [-0.4, -0.2) is 91.2 Å². The summed E-state index contributed by atoms with van der Waals surface area (Å²) in [5, 5.41) is 3.98. The SMILES string of the molecule is CCCOc1ccc(NC(=O)CC2C(=O)N(c3ccc(C(=O)OCC)cc3)C(=S)N2CCCN2CCN(c3cccc(Cl)c3)CC2)cc1. The van der Waals surface area contributed by atoms with E-state index in [1.807, 2.05) is 42.2 Å². The quantitative estimate of drug-likeness (QED) is 0.165. The molecule has 5 rings (SSSR count). The average molecular weight is 692 g/mol. The van der Waals surface area contributed by atoms with Crippen LogP contribution in [0.2, 0.25) is 5.02 Å². The van der Waals surface area contributed by atoms with E-state index in [-0.39, 0.29) is 24.8 Å². The second kappa shape index (κ2) is 16.8. The molecule has 48 heavy (non-hydrogen) atoms. The van der Waals surface area contributed by atoms with Crippen LogP contribution in [0.15, 0.2) is 72.8 Å². The summed E-state index contributed by atoms with van der Waals surface area (Å²) in [6.45, 7) is 9.61. The highest BCUT2D eigenvalue weighted by atomic mass is 35.5. The average Bonchev–Trinajstić information content (AvgIpc) is 3.32. The molecule has 2 aliphatic heterocycles. The molecule has 254 valence electrons. The van der Waals surface area contributed by atoms with Gasteiger partial charge in [-0.15, -0.1) is 0 Å². The van der Waals surface area contributed by atoms with Crippen LogP contribution in [-0.2, 0) is 14.3 Å². The van der Waals surface area contributed by atoms with Crippen LogP contribution >= 0.6 is 23.8 Å². The van der Waals surface area contributed by atoms with Gasteiger partial charge in [0.15, 0.2) is 5.11 Å². The van der Waals surface area contributed by atoms with Crippen LogP contribution in [0, 0.1) is 0 Å². The Balaban J connectivity index is 1.24. The number of hydrogen-bond acceptors (Lipinski definition) is 8. The molecule has 1 atom stereocenters. The third kappa shape index (κ3) is 8.83. The van der Waals surface area contributed by atoms with Gasteiger partial charge in [-0.2, -0.15) is 0 Å². The number of anilines is 3. The van der Waals surface area contributed by atoms with Crippen LogP contribution in [0.1, 0.15) is 43.5 Å². The van der Waals surface area contributed by atoms with E-state index in [1.165, 1.54) is 4.90 Å². The minimum absolute atomic E-state index is 0.0667. The van der Waals surface area contributed by atoms with Crippen molar-refractivity contribution in [3.05, 3.63) is 83.4 Å². The standard InChI is InChI=1S/C36H42ClN5O5S/c1-3-23-47-31-15-11-28(12-16-31)38-33(43)25-32-34(44)42(29-13-9-26(10-14-29)35(45)46-4-2)36(48)41(32)18-6-17-39-19-21-40(22-20-39)30-8-5-7-27(37)24-30/h5,7-16,24,32H,3-4,6,17-23,25H2,1-2H3,(H,38,43). The van der Waals surface area contributed by atoms with Gasteiger partial charge < -0.3 is 24.6 Å². The molecule has 1 unspecified atom stereocenters. The lowest BCUT2D eigenvalue weighted by Crippen LogP contribution is -2.47. The Bertz CT molecular complexity index is 1580. The number of benzene rings is 3. The van der Waals surface area contributed by atoms with Crippen molar-refractivity contribution >= 4 is 63.8 Å². The number of hydrogen-bond donors (Lipinski definition) is 1. The first-order valence-electron chi connectivity index (χ1n) is 16.4. The Morgan fingerprint density at radius 2 is 1.67 bits per heavy atom. The first kappa shape index (κ1) is 35.1. The second-order valence-corrected chi connectivity index (χ2v) is 12.5. The highest BCUT2D eigenvalue weighted by molar-refractivity contribution is 7.80. The molecule has 3 aromatic carbocycles. The summed E-state index contributed by atoms with van der Waals surface area (Å²) >= 11 is 12.1. The molecule has 10 nitrogen and oxygen atoms in total. The van der Waals surface area contributed by atoms with Crippen LogP contribution in [0.4, 0.5) is 17.1 Å². The molecular formula is C36H42ClN5O5S. The zero-order valence-corrected chi connectivity index (χ0v) is 29.0. The van der Waals surface area contributed by atoms with Gasteiger partial charge in [0.25, 0.3) is 5.91 Å². The molecule has 0 saturated carbocycles. The van der Waals surface area contributed by atoms with Crippen LogP contribution < -0.4 is 19.9 Å². The van der Waals surface area contributed by atoms with E-state index in [2.05, 4.69) is 21.2 Å². The molecule has 2 heterocycles. The van der Waals surface area contributed by atoms with Crippen LogP contribution in [0.5, 0.6) is 5.75 Å². The van der Waals surface area contributed by atoms with Crippen LogP contribution in [0.25, 0.3) is 0 Å². The van der Waals surface area contributed by atoms with Crippen molar-refractivity contribution in [3.8, 4) is 5.75 Å². The zero-order chi connectivity index (χ0) is 34.0. The number of nitrogens with zero attached hydrogens (tertiary/aromatic N) is 4. The number of amides is 2. The van der Waals surface area contributed by atoms with E-state index in [0.29, 0.717) is 35.2 Å². The fraction of sp³-hybridized carbons (Fsp3) is 0.389.